The van der Waals surface area contributed by atoms with Gasteiger partial charge in [-0.15, -0.1) is 0 Å². The lowest BCUT2D eigenvalue weighted by Gasteiger charge is -2.20. The van der Waals surface area contributed by atoms with Crippen molar-refractivity contribution in [3.05, 3.63) is 35.6 Å². The summed E-state index contributed by atoms with van der Waals surface area (Å²) in [5, 5.41) is 6.81. The molecule has 3 N–H and O–H groups in total. The Morgan fingerprint density at radius 2 is 1.59 bits per heavy atom. The highest BCUT2D eigenvalue weighted by atomic mass is 15.4. The Morgan fingerprint density at radius 1 is 0.966 bits per heavy atom. The van der Waals surface area contributed by atoms with E-state index in [9.17, 15) is 0 Å². The van der Waals surface area contributed by atoms with Crippen LogP contribution in [0.25, 0.3) is 0 Å². The molecule has 1 aromatic heterocycles. The lowest BCUT2D eigenvalue weighted by molar-refractivity contribution is -0.626. The van der Waals surface area contributed by atoms with Crippen LogP contribution in [0, 0.1) is 5.92 Å². The molecule has 5 rings (SSSR count). The normalized spacial score (nSPS) is 26.2. The number of nitrogens with one attached hydrogen (secondary N) is 1. The number of hydrogen-bond acceptors (Lipinski definition) is 7. The standard InChI is InChI=1S/C21H28N8/c1-15-17(16-8-2-3-9-18(16)23-15)14-22-27-19-24-20(28-10-4-5-11-28)26-21(25-19)29-12-6-7-13-29/h2-3,8-9,14,16,18,23H,4-7,10-13H2,1H3,(H,24,25,26,27)/p+1/b22-14-/t16-,18-/m0/s1. The summed E-state index contributed by atoms with van der Waals surface area (Å²) < 4.78 is 0. The van der Waals surface area contributed by atoms with Gasteiger partial charge in [0.25, 0.3) is 0 Å². The molecule has 2 atom stereocenters. The minimum atomic E-state index is 0.379. The smallest absolute Gasteiger partial charge is 0.250 e. The van der Waals surface area contributed by atoms with E-state index in [1.165, 1.54) is 37.0 Å². The van der Waals surface area contributed by atoms with Crippen molar-refractivity contribution in [3.8, 4) is 0 Å². The molecule has 4 heterocycles. The maximum Gasteiger partial charge on any atom is 0.250 e. The Kier molecular flexibility index (Phi) is 5.01. The Morgan fingerprint density at radius 3 is 2.24 bits per heavy atom. The summed E-state index contributed by atoms with van der Waals surface area (Å²) in [5.41, 5.74) is 5.61. The maximum atomic E-state index is 4.76. The van der Waals surface area contributed by atoms with Crippen LogP contribution < -0.4 is 20.5 Å². The minimum Gasteiger partial charge on any atom is -0.341 e. The van der Waals surface area contributed by atoms with Crippen LogP contribution in [0.5, 0.6) is 0 Å². The summed E-state index contributed by atoms with van der Waals surface area (Å²) in [7, 11) is 0. The lowest BCUT2D eigenvalue weighted by Crippen LogP contribution is -2.85. The van der Waals surface area contributed by atoms with Crippen molar-refractivity contribution < 1.29 is 5.32 Å². The third-order valence-corrected chi connectivity index (χ3v) is 6.19. The van der Waals surface area contributed by atoms with Crippen molar-refractivity contribution in [2.24, 2.45) is 11.0 Å². The zero-order valence-electron chi connectivity index (χ0n) is 17.0. The first-order valence-corrected chi connectivity index (χ1v) is 10.7. The average molecular weight is 394 g/mol. The summed E-state index contributed by atoms with van der Waals surface area (Å²) >= 11 is 0. The van der Waals surface area contributed by atoms with E-state index >= 15 is 0 Å². The molecule has 0 aromatic carbocycles. The van der Waals surface area contributed by atoms with Crippen LogP contribution in [0.2, 0.25) is 0 Å². The Balaban J connectivity index is 1.36. The van der Waals surface area contributed by atoms with Crippen LogP contribution in [0.3, 0.4) is 0 Å². The number of fused-ring (bicyclic) bond motifs is 1. The number of hydrogen-bond donors (Lipinski definition) is 2. The molecule has 1 aromatic rings. The number of aromatic nitrogens is 3. The molecule has 1 aliphatic carbocycles. The van der Waals surface area contributed by atoms with Gasteiger partial charge in [-0.3, -0.25) is 0 Å². The fraction of sp³-hybridized carbons (Fsp3) is 0.524. The summed E-state index contributed by atoms with van der Waals surface area (Å²) in [6, 6.07) is 0.446. The molecule has 8 nitrogen and oxygen atoms in total. The second-order valence-corrected chi connectivity index (χ2v) is 8.20. The van der Waals surface area contributed by atoms with Gasteiger partial charge in [0.2, 0.25) is 17.8 Å². The number of hydrazone groups is 1. The maximum absolute atomic E-state index is 4.76. The van der Waals surface area contributed by atoms with Crippen molar-refractivity contribution in [2.75, 3.05) is 41.4 Å². The van der Waals surface area contributed by atoms with Gasteiger partial charge in [0, 0.05) is 38.7 Å². The highest BCUT2D eigenvalue weighted by Crippen LogP contribution is 2.25. The van der Waals surface area contributed by atoms with Crippen LogP contribution in [-0.4, -0.2) is 53.4 Å². The van der Waals surface area contributed by atoms with Crippen LogP contribution in [0.1, 0.15) is 32.6 Å². The summed E-state index contributed by atoms with van der Waals surface area (Å²) in [4.78, 5) is 18.6. The molecule has 0 amide bonds. The predicted octanol–water partition coefficient (Wildman–Crippen LogP) is 1.43. The Hall–Kier alpha value is -2.74. The van der Waals surface area contributed by atoms with Gasteiger partial charge < -0.3 is 15.1 Å². The van der Waals surface area contributed by atoms with E-state index in [-0.39, 0.29) is 0 Å². The Bertz CT molecular complexity index is 840. The number of allylic oxidation sites excluding steroid dienone is 3. The molecule has 0 saturated carbocycles. The molecule has 0 radical (unpaired) electrons. The van der Waals surface area contributed by atoms with Crippen LogP contribution >= 0.6 is 0 Å². The number of nitrogens with zero attached hydrogens (tertiary/aromatic N) is 6. The van der Waals surface area contributed by atoms with E-state index in [2.05, 4.69) is 66.8 Å². The third kappa shape index (κ3) is 3.76. The topological polar surface area (TPSA) is 86.2 Å². The van der Waals surface area contributed by atoms with Crippen molar-refractivity contribution in [2.45, 2.75) is 38.6 Å². The number of anilines is 3. The molecule has 8 heteroatoms. The predicted molar refractivity (Wildman–Crippen MR) is 115 cm³/mol. The van der Waals surface area contributed by atoms with E-state index < -0.39 is 0 Å². The van der Waals surface area contributed by atoms with Crippen molar-refractivity contribution in [1.82, 2.24) is 15.0 Å². The average Bonchev–Trinajstić information content (AvgIpc) is 3.50. The first kappa shape index (κ1) is 18.3. The second kappa shape index (κ2) is 7.94. The number of rotatable bonds is 5. The molecule has 0 unspecified atom stereocenters. The second-order valence-electron chi connectivity index (χ2n) is 8.20. The van der Waals surface area contributed by atoms with Crippen molar-refractivity contribution in [1.29, 1.82) is 0 Å². The van der Waals surface area contributed by atoms with Gasteiger partial charge in [0.1, 0.15) is 11.7 Å². The van der Waals surface area contributed by atoms with E-state index in [4.69, 9.17) is 4.98 Å². The van der Waals surface area contributed by atoms with Crippen LogP contribution in [-0.2, 0) is 0 Å². The van der Waals surface area contributed by atoms with Gasteiger partial charge >= 0.3 is 0 Å². The van der Waals surface area contributed by atoms with Gasteiger partial charge in [-0.05, 0) is 31.8 Å². The quantitative estimate of drug-likeness (QED) is 0.581. The molecule has 4 aliphatic rings. The SMILES string of the molecule is CC1=C(/C=N\Nc2nc(N3CCCC3)nc(N3CCCC3)n2)[C@@H]2C=CC=C[C@@H]2[NH2+]1. The molecule has 152 valence electrons. The number of nitrogens with two attached hydrogens (primary N) is 1. The van der Waals surface area contributed by atoms with E-state index in [1.807, 2.05) is 6.21 Å². The van der Waals surface area contributed by atoms with Gasteiger partial charge in [-0.2, -0.15) is 20.1 Å². The summed E-state index contributed by atoms with van der Waals surface area (Å²) in [5.74, 6) is 2.43. The van der Waals surface area contributed by atoms with Gasteiger partial charge in [-0.1, -0.05) is 18.2 Å². The fourth-order valence-electron chi connectivity index (χ4n) is 4.61. The Labute approximate surface area is 171 Å². The lowest BCUT2D eigenvalue weighted by atomic mass is 9.91. The first-order valence-electron chi connectivity index (χ1n) is 10.7. The van der Waals surface area contributed by atoms with Gasteiger partial charge in [0.15, 0.2) is 0 Å². The first-order chi connectivity index (χ1) is 14.3. The molecule has 2 saturated heterocycles. The fourth-order valence-corrected chi connectivity index (χ4v) is 4.61. The highest BCUT2D eigenvalue weighted by Gasteiger charge is 2.33. The summed E-state index contributed by atoms with van der Waals surface area (Å²) in [6.45, 7) is 6.20. The van der Waals surface area contributed by atoms with Crippen molar-refractivity contribution in [3.63, 3.8) is 0 Å². The summed E-state index contributed by atoms with van der Waals surface area (Å²) in [6.07, 6.45) is 15.4. The largest absolute Gasteiger partial charge is 0.341 e. The number of quaternary nitrogens is 1. The van der Waals surface area contributed by atoms with Gasteiger partial charge in [-0.25, -0.2) is 5.43 Å². The highest BCUT2D eigenvalue weighted by molar-refractivity contribution is 5.81. The zero-order valence-corrected chi connectivity index (χ0v) is 17.0. The monoisotopic (exact) mass is 393 g/mol. The van der Waals surface area contributed by atoms with Crippen LogP contribution in [0.15, 0.2) is 40.7 Å². The zero-order chi connectivity index (χ0) is 19.6. The van der Waals surface area contributed by atoms with E-state index in [1.54, 1.807) is 0 Å². The van der Waals surface area contributed by atoms with Crippen molar-refractivity contribution >= 4 is 24.1 Å². The molecule has 0 bridgehead atoms. The van der Waals surface area contributed by atoms with E-state index in [0.29, 0.717) is 17.9 Å². The van der Waals surface area contributed by atoms with E-state index in [0.717, 1.165) is 38.1 Å². The van der Waals surface area contributed by atoms with Gasteiger partial charge in [0.05, 0.1) is 12.1 Å². The molecule has 29 heavy (non-hydrogen) atoms. The minimum absolute atomic E-state index is 0.379. The van der Waals surface area contributed by atoms with Crippen LogP contribution in [0.4, 0.5) is 17.8 Å². The molecular weight excluding hydrogens is 364 g/mol. The molecule has 0 spiro atoms. The molecule has 2 fully saturated rings. The molecule has 3 aliphatic heterocycles. The third-order valence-electron chi connectivity index (χ3n) is 6.19. The molecular formula is C21H29N8+.